The van der Waals surface area contributed by atoms with Crippen molar-refractivity contribution >= 4 is 16.0 Å². The molecule has 16 heavy (non-hydrogen) atoms. The van der Waals surface area contributed by atoms with Crippen molar-refractivity contribution in [1.29, 1.82) is 0 Å². The summed E-state index contributed by atoms with van der Waals surface area (Å²) in [7, 11) is -3.42. The molecule has 6 nitrogen and oxygen atoms in total. The van der Waals surface area contributed by atoms with Crippen molar-refractivity contribution in [2.45, 2.75) is 31.7 Å². The van der Waals surface area contributed by atoms with Gasteiger partial charge in [-0.2, -0.15) is 0 Å². The Kier molecular flexibility index (Phi) is 5.17. The molecule has 1 saturated carbocycles. The normalized spacial score (nSPS) is 16.2. The van der Waals surface area contributed by atoms with E-state index in [1.54, 1.807) is 0 Å². The lowest BCUT2D eigenvalue weighted by atomic mass is 10.4. The molecule has 1 aliphatic rings. The van der Waals surface area contributed by atoms with Gasteiger partial charge in [0.1, 0.15) is 0 Å². The Bertz CT molecular complexity index is 324. The average Bonchev–Trinajstić information content (AvgIpc) is 2.98. The van der Waals surface area contributed by atoms with Crippen LogP contribution in [0.2, 0.25) is 0 Å². The van der Waals surface area contributed by atoms with Crippen molar-refractivity contribution in [2.24, 2.45) is 0 Å². The topological polar surface area (TPSA) is 95.5 Å². The molecule has 0 spiro atoms. The van der Waals surface area contributed by atoms with Gasteiger partial charge in [0.2, 0.25) is 10.0 Å². The summed E-state index contributed by atoms with van der Waals surface area (Å²) in [4.78, 5) is 10.2. The number of hydrogen-bond donors (Lipinski definition) is 3. The Morgan fingerprint density at radius 2 is 2.00 bits per heavy atom. The van der Waals surface area contributed by atoms with Crippen molar-refractivity contribution in [3.63, 3.8) is 0 Å². The van der Waals surface area contributed by atoms with Crippen LogP contribution < -0.4 is 10.0 Å². The number of sulfonamides is 1. The van der Waals surface area contributed by atoms with Gasteiger partial charge in [0.15, 0.2) is 0 Å². The van der Waals surface area contributed by atoms with Crippen molar-refractivity contribution < 1.29 is 18.3 Å². The van der Waals surface area contributed by atoms with Crippen LogP contribution in [0.25, 0.3) is 0 Å². The number of nitrogens with one attached hydrogen (secondary N) is 2. The number of aliphatic carboxylic acids is 1. The van der Waals surface area contributed by atoms with E-state index in [4.69, 9.17) is 5.11 Å². The predicted molar refractivity (Wildman–Crippen MR) is 59.7 cm³/mol. The SMILES string of the molecule is O=C(O)CCS(=O)(=O)NCCCNC1CC1. The highest BCUT2D eigenvalue weighted by Gasteiger charge is 2.19. The third-order valence-electron chi connectivity index (χ3n) is 2.27. The fourth-order valence-electron chi connectivity index (χ4n) is 1.20. The van der Waals surface area contributed by atoms with E-state index >= 15 is 0 Å². The molecule has 0 radical (unpaired) electrons. The first-order valence-corrected chi connectivity index (χ1v) is 7.07. The van der Waals surface area contributed by atoms with Crippen molar-refractivity contribution in [1.82, 2.24) is 10.0 Å². The third kappa shape index (κ3) is 6.76. The van der Waals surface area contributed by atoms with Gasteiger partial charge in [-0.3, -0.25) is 4.79 Å². The molecule has 1 fully saturated rings. The highest BCUT2D eigenvalue weighted by Crippen LogP contribution is 2.18. The van der Waals surface area contributed by atoms with Gasteiger partial charge in [-0.1, -0.05) is 0 Å². The maximum atomic E-state index is 11.2. The van der Waals surface area contributed by atoms with Gasteiger partial charge < -0.3 is 10.4 Å². The van der Waals surface area contributed by atoms with E-state index in [2.05, 4.69) is 10.0 Å². The lowest BCUT2D eigenvalue weighted by molar-refractivity contribution is -0.136. The molecule has 0 bridgehead atoms. The highest BCUT2D eigenvalue weighted by molar-refractivity contribution is 7.89. The zero-order chi connectivity index (χ0) is 12.0. The Morgan fingerprint density at radius 1 is 1.31 bits per heavy atom. The molecular formula is C9H18N2O4S. The fourth-order valence-corrected chi connectivity index (χ4v) is 2.25. The standard InChI is InChI=1S/C9H18N2O4S/c12-9(13)4-7-16(14,15)11-6-1-5-10-8-2-3-8/h8,10-11H,1-7H2,(H,12,13). The Hall–Kier alpha value is -0.660. The number of hydrogen-bond acceptors (Lipinski definition) is 4. The van der Waals surface area contributed by atoms with Crippen LogP contribution in [0, 0.1) is 0 Å². The Morgan fingerprint density at radius 3 is 2.56 bits per heavy atom. The largest absolute Gasteiger partial charge is 0.481 e. The second-order valence-corrected chi connectivity index (χ2v) is 5.87. The molecule has 0 atom stereocenters. The van der Waals surface area contributed by atoms with Crippen LogP contribution in [-0.2, 0) is 14.8 Å². The molecule has 0 saturated heterocycles. The molecule has 94 valence electrons. The highest BCUT2D eigenvalue weighted by atomic mass is 32.2. The van der Waals surface area contributed by atoms with Crippen LogP contribution >= 0.6 is 0 Å². The minimum atomic E-state index is -3.42. The molecule has 7 heteroatoms. The van der Waals surface area contributed by atoms with E-state index in [9.17, 15) is 13.2 Å². The zero-order valence-corrected chi connectivity index (χ0v) is 9.92. The summed E-state index contributed by atoms with van der Waals surface area (Å²) in [5.74, 6) is -1.45. The van der Waals surface area contributed by atoms with Gasteiger partial charge in [0.25, 0.3) is 0 Å². The Balaban J connectivity index is 2.02. The average molecular weight is 250 g/mol. The van der Waals surface area contributed by atoms with Gasteiger partial charge in [-0.25, -0.2) is 13.1 Å². The lowest BCUT2D eigenvalue weighted by Gasteiger charge is -2.05. The summed E-state index contributed by atoms with van der Waals surface area (Å²) in [6.07, 6.45) is 2.80. The van der Waals surface area contributed by atoms with E-state index in [-0.39, 0.29) is 12.2 Å². The molecule has 1 aliphatic carbocycles. The monoisotopic (exact) mass is 250 g/mol. The summed E-state index contributed by atoms with van der Waals surface area (Å²) in [6.45, 7) is 1.16. The summed E-state index contributed by atoms with van der Waals surface area (Å²) >= 11 is 0. The predicted octanol–water partition coefficient (Wildman–Crippen LogP) is -0.477. The molecular weight excluding hydrogens is 232 g/mol. The van der Waals surface area contributed by atoms with Crippen LogP contribution in [0.3, 0.4) is 0 Å². The van der Waals surface area contributed by atoms with Gasteiger partial charge in [0.05, 0.1) is 12.2 Å². The van der Waals surface area contributed by atoms with Crippen molar-refractivity contribution in [3.8, 4) is 0 Å². The van der Waals surface area contributed by atoms with Crippen LogP contribution in [0.5, 0.6) is 0 Å². The quantitative estimate of drug-likeness (QED) is 0.480. The second-order valence-electron chi connectivity index (χ2n) is 3.94. The van der Waals surface area contributed by atoms with E-state index in [0.717, 1.165) is 13.0 Å². The van der Waals surface area contributed by atoms with E-state index in [1.807, 2.05) is 0 Å². The number of carboxylic acid groups (broad SMARTS) is 1. The number of carbonyl (C=O) groups is 1. The van der Waals surface area contributed by atoms with E-state index in [1.165, 1.54) is 12.8 Å². The molecule has 0 unspecified atom stereocenters. The van der Waals surface area contributed by atoms with Crippen molar-refractivity contribution in [3.05, 3.63) is 0 Å². The molecule has 1 rings (SSSR count). The molecule has 3 N–H and O–H groups in total. The maximum absolute atomic E-state index is 11.2. The minimum Gasteiger partial charge on any atom is -0.481 e. The van der Waals surface area contributed by atoms with Gasteiger partial charge in [0, 0.05) is 12.6 Å². The zero-order valence-electron chi connectivity index (χ0n) is 9.11. The second kappa shape index (κ2) is 6.17. The molecule has 0 heterocycles. The smallest absolute Gasteiger partial charge is 0.304 e. The Labute approximate surface area is 95.5 Å². The van der Waals surface area contributed by atoms with Gasteiger partial charge in [-0.05, 0) is 25.8 Å². The first-order chi connectivity index (χ1) is 7.49. The summed E-state index contributed by atoms with van der Waals surface area (Å²) in [5, 5.41) is 11.6. The van der Waals surface area contributed by atoms with Crippen LogP contribution in [-0.4, -0.2) is 44.4 Å². The van der Waals surface area contributed by atoms with Gasteiger partial charge >= 0.3 is 5.97 Å². The van der Waals surface area contributed by atoms with Crippen LogP contribution in [0.4, 0.5) is 0 Å². The van der Waals surface area contributed by atoms with Gasteiger partial charge in [-0.15, -0.1) is 0 Å². The first-order valence-electron chi connectivity index (χ1n) is 5.42. The minimum absolute atomic E-state index is 0.349. The maximum Gasteiger partial charge on any atom is 0.304 e. The lowest BCUT2D eigenvalue weighted by Crippen LogP contribution is -2.30. The molecule has 0 aliphatic heterocycles. The first kappa shape index (κ1) is 13.4. The third-order valence-corrected chi connectivity index (χ3v) is 3.66. The summed E-state index contributed by atoms with van der Waals surface area (Å²) < 4.78 is 24.9. The van der Waals surface area contributed by atoms with E-state index in [0.29, 0.717) is 12.6 Å². The molecule has 0 aromatic rings. The van der Waals surface area contributed by atoms with Crippen molar-refractivity contribution in [2.75, 3.05) is 18.8 Å². The van der Waals surface area contributed by atoms with Crippen LogP contribution in [0.15, 0.2) is 0 Å². The van der Waals surface area contributed by atoms with Crippen LogP contribution in [0.1, 0.15) is 25.7 Å². The van der Waals surface area contributed by atoms with E-state index < -0.39 is 16.0 Å². The number of carboxylic acids is 1. The molecule has 0 amide bonds. The fraction of sp³-hybridized carbons (Fsp3) is 0.889. The number of rotatable bonds is 9. The summed E-state index contributed by atoms with van der Waals surface area (Å²) in [6, 6.07) is 0.628. The molecule has 0 aromatic heterocycles. The molecule has 0 aromatic carbocycles. The summed E-state index contributed by atoms with van der Waals surface area (Å²) in [5.41, 5.74) is 0.